The van der Waals surface area contributed by atoms with Crippen LogP contribution in [0.4, 0.5) is 5.69 Å². The molecule has 168 valence electrons. The minimum absolute atomic E-state index is 0.135. The van der Waals surface area contributed by atoms with Crippen LogP contribution in [0, 0.1) is 0 Å². The Bertz CT molecular complexity index is 1040. The van der Waals surface area contributed by atoms with Crippen LogP contribution in [0.2, 0.25) is 0 Å². The van der Waals surface area contributed by atoms with Gasteiger partial charge in [0, 0.05) is 12.3 Å². The number of benzene rings is 1. The molecule has 1 saturated heterocycles. The maximum absolute atomic E-state index is 12.5. The summed E-state index contributed by atoms with van der Waals surface area (Å²) < 4.78 is 12.8. The number of amides is 1. The van der Waals surface area contributed by atoms with E-state index in [1.54, 1.807) is 42.5 Å². The number of esters is 1. The normalized spacial score (nSPS) is 15.6. The summed E-state index contributed by atoms with van der Waals surface area (Å²) in [6.07, 6.45) is 2.20. The monoisotopic (exact) mass is 472 g/mol. The molecule has 1 aliphatic heterocycles. The van der Waals surface area contributed by atoms with E-state index in [0.29, 0.717) is 29.6 Å². The Balaban J connectivity index is 1.39. The molecule has 0 radical (unpaired) electrons. The zero-order valence-corrected chi connectivity index (χ0v) is 19.3. The van der Waals surface area contributed by atoms with Crippen LogP contribution in [0.25, 0.3) is 10.7 Å². The number of nitrogens with zero attached hydrogens (tertiary/aromatic N) is 3. The van der Waals surface area contributed by atoms with E-state index in [1.807, 2.05) is 22.1 Å². The van der Waals surface area contributed by atoms with Crippen LogP contribution in [0.3, 0.4) is 0 Å². The van der Waals surface area contributed by atoms with Crippen molar-refractivity contribution in [3.8, 4) is 10.7 Å². The third kappa shape index (κ3) is 5.56. The minimum atomic E-state index is -0.381. The van der Waals surface area contributed by atoms with Gasteiger partial charge in [0.2, 0.25) is 5.91 Å². The molecule has 2 aromatic heterocycles. The Labute approximate surface area is 194 Å². The number of aromatic nitrogens is 3. The standard InChI is InChI=1S/C22H24N4O4S2/c1-2-29-21(28)15-7-9-16(10-8-15)23-19(27)14-32-22-25-24-20(18-6-4-12-31-18)26(22)13-17-5-3-11-30-17/h4,6-10,12,17H,2-3,5,11,13-14H2,1H3,(H,23,27). The molecule has 1 amide bonds. The van der Waals surface area contributed by atoms with E-state index in [2.05, 4.69) is 15.5 Å². The molecular weight excluding hydrogens is 448 g/mol. The summed E-state index contributed by atoms with van der Waals surface area (Å²) in [5, 5.41) is 14.3. The number of ether oxygens (including phenoxy) is 2. The Hall–Kier alpha value is -2.69. The lowest BCUT2D eigenvalue weighted by Crippen LogP contribution is -2.18. The van der Waals surface area contributed by atoms with Gasteiger partial charge in [-0.1, -0.05) is 17.8 Å². The van der Waals surface area contributed by atoms with Crippen LogP contribution in [0.5, 0.6) is 0 Å². The van der Waals surface area contributed by atoms with Gasteiger partial charge in [0.25, 0.3) is 0 Å². The largest absolute Gasteiger partial charge is 0.462 e. The van der Waals surface area contributed by atoms with Crippen molar-refractivity contribution >= 4 is 40.7 Å². The predicted molar refractivity (Wildman–Crippen MR) is 124 cm³/mol. The fourth-order valence-electron chi connectivity index (χ4n) is 3.37. The van der Waals surface area contributed by atoms with Crippen molar-refractivity contribution in [2.45, 2.75) is 37.6 Å². The summed E-state index contributed by atoms with van der Waals surface area (Å²) in [5.41, 5.74) is 1.06. The summed E-state index contributed by atoms with van der Waals surface area (Å²) >= 11 is 2.95. The highest BCUT2D eigenvalue weighted by Crippen LogP contribution is 2.29. The number of carbonyl (C=O) groups excluding carboxylic acids is 2. The van der Waals surface area contributed by atoms with Crippen LogP contribution in [0.15, 0.2) is 46.9 Å². The van der Waals surface area contributed by atoms with Crippen molar-refractivity contribution in [3.63, 3.8) is 0 Å². The molecule has 0 spiro atoms. The zero-order chi connectivity index (χ0) is 22.3. The number of carbonyl (C=O) groups is 2. The van der Waals surface area contributed by atoms with Crippen LogP contribution < -0.4 is 5.32 Å². The Kier molecular flexibility index (Phi) is 7.56. The Morgan fingerprint density at radius 2 is 2.12 bits per heavy atom. The average Bonchev–Trinajstić information content (AvgIpc) is 3.56. The number of hydrogen-bond donors (Lipinski definition) is 1. The van der Waals surface area contributed by atoms with E-state index in [9.17, 15) is 9.59 Å². The van der Waals surface area contributed by atoms with Crippen molar-refractivity contribution in [1.29, 1.82) is 0 Å². The van der Waals surface area contributed by atoms with E-state index in [0.717, 1.165) is 30.2 Å². The molecule has 4 rings (SSSR count). The van der Waals surface area contributed by atoms with E-state index < -0.39 is 0 Å². The lowest BCUT2D eigenvalue weighted by Gasteiger charge is -2.14. The fourth-order valence-corrected chi connectivity index (χ4v) is 4.84. The van der Waals surface area contributed by atoms with Gasteiger partial charge in [-0.25, -0.2) is 4.79 Å². The highest BCUT2D eigenvalue weighted by atomic mass is 32.2. The second kappa shape index (κ2) is 10.8. The number of hydrogen-bond acceptors (Lipinski definition) is 8. The summed E-state index contributed by atoms with van der Waals surface area (Å²) in [6.45, 7) is 3.52. The molecule has 32 heavy (non-hydrogen) atoms. The van der Waals surface area contributed by atoms with E-state index in [1.165, 1.54) is 11.8 Å². The second-order valence-corrected chi connectivity index (χ2v) is 9.05. The number of nitrogens with one attached hydrogen (secondary N) is 1. The number of anilines is 1. The van der Waals surface area contributed by atoms with Crippen LogP contribution in [0.1, 0.15) is 30.1 Å². The van der Waals surface area contributed by atoms with Gasteiger partial charge >= 0.3 is 5.97 Å². The molecule has 3 heterocycles. The zero-order valence-electron chi connectivity index (χ0n) is 17.7. The van der Waals surface area contributed by atoms with E-state index >= 15 is 0 Å². The molecule has 1 N–H and O–H groups in total. The molecule has 0 bridgehead atoms. The van der Waals surface area contributed by atoms with E-state index in [-0.39, 0.29) is 23.7 Å². The number of thiophene rings is 1. The van der Waals surface area contributed by atoms with E-state index in [4.69, 9.17) is 9.47 Å². The van der Waals surface area contributed by atoms with Crippen molar-refractivity contribution in [3.05, 3.63) is 47.3 Å². The van der Waals surface area contributed by atoms with Crippen molar-refractivity contribution in [1.82, 2.24) is 14.8 Å². The van der Waals surface area contributed by atoms with Crippen molar-refractivity contribution in [2.75, 3.05) is 24.3 Å². The molecule has 1 atom stereocenters. The van der Waals surface area contributed by atoms with Crippen LogP contribution in [-0.4, -0.2) is 51.7 Å². The summed E-state index contributed by atoms with van der Waals surface area (Å²) in [6, 6.07) is 10.6. The number of rotatable bonds is 9. The summed E-state index contributed by atoms with van der Waals surface area (Å²) in [5.74, 6) is 0.442. The molecule has 3 aromatic rings. The van der Waals surface area contributed by atoms with Gasteiger partial charge in [-0.2, -0.15) is 0 Å². The van der Waals surface area contributed by atoms with Gasteiger partial charge < -0.3 is 14.8 Å². The third-order valence-corrected chi connectivity index (χ3v) is 6.71. The Morgan fingerprint density at radius 3 is 2.81 bits per heavy atom. The average molecular weight is 473 g/mol. The Morgan fingerprint density at radius 1 is 1.28 bits per heavy atom. The second-order valence-electron chi connectivity index (χ2n) is 7.16. The smallest absolute Gasteiger partial charge is 0.338 e. The van der Waals surface area contributed by atoms with Gasteiger partial charge in [0.15, 0.2) is 11.0 Å². The quantitative estimate of drug-likeness (QED) is 0.370. The molecule has 0 saturated carbocycles. The maximum Gasteiger partial charge on any atom is 0.338 e. The van der Waals surface area contributed by atoms with Gasteiger partial charge in [-0.05, 0) is 55.5 Å². The highest BCUT2D eigenvalue weighted by molar-refractivity contribution is 7.99. The SMILES string of the molecule is CCOC(=O)c1ccc(NC(=O)CSc2nnc(-c3cccs3)n2CC2CCCO2)cc1. The van der Waals surface area contributed by atoms with Crippen LogP contribution in [-0.2, 0) is 20.8 Å². The fraction of sp³-hybridized carbons (Fsp3) is 0.364. The first-order chi connectivity index (χ1) is 15.6. The molecule has 8 nitrogen and oxygen atoms in total. The highest BCUT2D eigenvalue weighted by Gasteiger charge is 2.22. The number of thioether (sulfide) groups is 1. The molecule has 1 aromatic carbocycles. The third-order valence-electron chi connectivity index (χ3n) is 4.88. The molecule has 10 heteroatoms. The molecule has 1 fully saturated rings. The van der Waals surface area contributed by atoms with Gasteiger partial charge in [-0.15, -0.1) is 21.5 Å². The van der Waals surface area contributed by atoms with Crippen LogP contribution >= 0.6 is 23.1 Å². The first kappa shape index (κ1) is 22.5. The summed E-state index contributed by atoms with van der Waals surface area (Å²) in [4.78, 5) is 25.3. The van der Waals surface area contributed by atoms with Gasteiger partial charge in [0.05, 0.1) is 35.4 Å². The predicted octanol–water partition coefficient (Wildman–Crippen LogP) is 4.09. The van der Waals surface area contributed by atoms with Gasteiger partial charge in [-0.3, -0.25) is 9.36 Å². The first-order valence-electron chi connectivity index (χ1n) is 10.4. The lowest BCUT2D eigenvalue weighted by atomic mass is 10.2. The van der Waals surface area contributed by atoms with Crippen molar-refractivity contribution < 1.29 is 19.1 Å². The maximum atomic E-state index is 12.5. The van der Waals surface area contributed by atoms with Gasteiger partial charge in [0.1, 0.15) is 0 Å². The minimum Gasteiger partial charge on any atom is -0.462 e. The van der Waals surface area contributed by atoms with Crippen molar-refractivity contribution in [2.24, 2.45) is 0 Å². The topological polar surface area (TPSA) is 95.3 Å². The molecular formula is C22H24N4O4S2. The first-order valence-corrected chi connectivity index (χ1v) is 12.3. The molecule has 1 unspecified atom stereocenters. The lowest BCUT2D eigenvalue weighted by molar-refractivity contribution is -0.113. The molecule has 0 aliphatic carbocycles. The molecule has 1 aliphatic rings. The summed E-state index contributed by atoms with van der Waals surface area (Å²) in [7, 11) is 0.